The van der Waals surface area contributed by atoms with Crippen LogP contribution in [0.5, 0.6) is 0 Å². The van der Waals surface area contributed by atoms with Crippen molar-refractivity contribution in [1.82, 2.24) is 14.9 Å². The predicted octanol–water partition coefficient (Wildman–Crippen LogP) is 4.85. The van der Waals surface area contributed by atoms with Crippen molar-refractivity contribution in [3.8, 4) is 5.69 Å². The lowest BCUT2D eigenvalue weighted by Crippen LogP contribution is -2.30. The van der Waals surface area contributed by atoms with Gasteiger partial charge >= 0.3 is 0 Å². The molecule has 4 aromatic rings. The Morgan fingerprint density at radius 2 is 1.97 bits per heavy atom. The minimum Gasteiger partial charge on any atom is -0.375 e. The monoisotopic (exact) mass is 542 g/mol. The molecule has 1 aliphatic heterocycles. The molecule has 1 saturated heterocycles. The van der Waals surface area contributed by atoms with Crippen LogP contribution in [0.1, 0.15) is 29.0 Å². The molecule has 10 nitrogen and oxygen atoms in total. The Balaban J connectivity index is 1.60. The maximum absolute atomic E-state index is 12.1. The number of pyridine rings is 1. The summed E-state index contributed by atoms with van der Waals surface area (Å²) >= 11 is 5.85. The van der Waals surface area contributed by atoms with Crippen molar-refractivity contribution >= 4 is 40.3 Å². The van der Waals surface area contributed by atoms with Crippen LogP contribution < -0.4 is 15.5 Å². The Morgan fingerprint density at radius 3 is 2.69 bits per heavy atom. The summed E-state index contributed by atoms with van der Waals surface area (Å²) in [5, 5.41) is 18.3. The second kappa shape index (κ2) is 11.0. The molecular formula is C28H26N6O4S. The van der Waals surface area contributed by atoms with Gasteiger partial charge in [-0.2, -0.15) is 0 Å². The Kier molecular flexibility index (Phi) is 7.35. The van der Waals surface area contributed by atoms with Crippen molar-refractivity contribution in [1.29, 1.82) is 0 Å². The number of nitrogens with one attached hydrogen (secondary N) is 2. The van der Waals surface area contributed by atoms with Crippen molar-refractivity contribution < 1.29 is 14.5 Å². The molecule has 0 unspecified atom stereocenters. The molecule has 0 spiro atoms. The van der Waals surface area contributed by atoms with Gasteiger partial charge in [0.05, 0.1) is 22.3 Å². The molecule has 1 fully saturated rings. The number of aryl methyl sites for hydroxylation is 1. The van der Waals surface area contributed by atoms with E-state index in [0.717, 1.165) is 22.6 Å². The predicted molar refractivity (Wildman–Crippen MR) is 152 cm³/mol. The zero-order valence-electron chi connectivity index (χ0n) is 21.3. The summed E-state index contributed by atoms with van der Waals surface area (Å²) in [6.07, 6.45) is 3.62. The number of thiocarbonyl (C=S) groups is 1. The lowest BCUT2D eigenvalue weighted by atomic mass is 10.00. The standard InChI is InChI=1S/C28H26N6O4S/c1-18-15-20(11-12-22(18)30-25(35)17-38-2)33-27(26(31-28(33)39)23-9-3-4-13-29-23)24-10-6-14-32(24)19-7-5-8-21(16-19)34(36)37/h3-16,26-27H,17H2,1-2H3,(H,30,35)(H,31,39)/t26-,27+/m0/s1. The normalized spacial score (nSPS) is 16.7. The zero-order valence-corrected chi connectivity index (χ0v) is 22.1. The van der Waals surface area contributed by atoms with E-state index in [2.05, 4.69) is 15.6 Å². The van der Waals surface area contributed by atoms with Gasteiger partial charge in [0, 0.05) is 48.7 Å². The van der Waals surface area contributed by atoms with E-state index in [0.29, 0.717) is 16.5 Å². The van der Waals surface area contributed by atoms with E-state index >= 15 is 0 Å². The highest BCUT2D eigenvalue weighted by Gasteiger charge is 2.42. The van der Waals surface area contributed by atoms with Gasteiger partial charge in [-0.25, -0.2) is 0 Å². The number of hydrogen-bond donors (Lipinski definition) is 2. The number of rotatable bonds is 8. The molecule has 2 N–H and O–H groups in total. The van der Waals surface area contributed by atoms with Crippen LogP contribution in [-0.4, -0.2) is 39.2 Å². The maximum Gasteiger partial charge on any atom is 0.271 e. The molecule has 0 saturated carbocycles. The highest BCUT2D eigenvalue weighted by atomic mass is 32.1. The minimum atomic E-state index is -0.405. The fourth-order valence-electron chi connectivity index (χ4n) is 4.82. The second-order valence-electron chi connectivity index (χ2n) is 9.06. The van der Waals surface area contributed by atoms with Gasteiger partial charge in [0.15, 0.2) is 5.11 Å². The molecule has 3 heterocycles. The number of hydrogen-bond acceptors (Lipinski definition) is 6. The summed E-state index contributed by atoms with van der Waals surface area (Å²) < 4.78 is 6.85. The van der Waals surface area contributed by atoms with E-state index in [9.17, 15) is 14.9 Å². The molecule has 0 bridgehead atoms. The zero-order chi connectivity index (χ0) is 27.5. The first kappa shape index (κ1) is 26.0. The van der Waals surface area contributed by atoms with Crippen molar-refractivity contribution in [3.05, 3.63) is 112 Å². The quantitative estimate of drug-likeness (QED) is 0.185. The van der Waals surface area contributed by atoms with Crippen molar-refractivity contribution in [3.63, 3.8) is 0 Å². The molecule has 198 valence electrons. The number of anilines is 2. The van der Waals surface area contributed by atoms with E-state index in [-0.39, 0.29) is 30.3 Å². The number of non-ortho nitro benzene ring substituents is 1. The summed E-state index contributed by atoms with van der Waals surface area (Å²) in [7, 11) is 1.47. The van der Waals surface area contributed by atoms with Gasteiger partial charge < -0.3 is 24.8 Å². The van der Waals surface area contributed by atoms with Gasteiger partial charge in [-0.1, -0.05) is 12.1 Å². The number of amides is 1. The largest absolute Gasteiger partial charge is 0.375 e. The summed E-state index contributed by atoms with van der Waals surface area (Å²) in [6.45, 7) is 1.87. The molecular weight excluding hydrogens is 516 g/mol. The first-order chi connectivity index (χ1) is 18.9. The van der Waals surface area contributed by atoms with Crippen LogP contribution in [0.25, 0.3) is 5.69 Å². The Labute approximate surface area is 230 Å². The smallest absolute Gasteiger partial charge is 0.271 e. The van der Waals surface area contributed by atoms with Gasteiger partial charge in [0.25, 0.3) is 5.69 Å². The maximum atomic E-state index is 12.1. The molecule has 39 heavy (non-hydrogen) atoms. The van der Waals surface area contributed by atoms with Crippen molar-refractivity contribution in [2.75, 3.05) is 23.9 Å². The number of carbonyl (C=O) groups is 1. The number of methoxy groups -OCH3 is 1. The van der Waals surface area contributed by atoms with Gasteiger partial charge in [-0.05, 0) is 73.2 Å². The van der Waals surface area contributed by atoms with Crippen molar-refractivity contribution in [2.24, 2.45) is 0 Å². The summed E-state index contributed by atoms with van der Waals surface area (Å²) in [4.78, 5) is 29.8. The fraction of sp³-hybridized carbons (Fsp3) is 0.179. The van der Waals surface area contributed by atoms with E-state index in [1.54, 1.807) is 18.3 Å². The number of nitro groups is 1. The molecule has 2 aromatic carbocycles. The third-order valence-electron chi connectivity index (χ3n) is 6.54. The average Bonchev–Trinajstić information content (AvgIpc) is 3.55. The highest BCUT2D eigenvalue weighted by molar-refractivity contribution is 7.80. The molecule has 2 aromatic heterocycles. The lowest BCUT2D eigenvalue weighted by molar-refractivity contribution is -0.384. The van der Waals surface area contributed by atoms with E-state index in [1.165, 1.54) is 13.2 Å². The summed E-state index contributed by atoms with van der Waals surface area (Å²) in [6, 6.07) is 21.2. The summed E-state index contributed by atoms with van der Waals surface area (Å²) in [5.41, 5.74) is 4.70. The summed E-state index contributed by atoms with van der Waals surface area (Å²) in [5.74, 6) is -0.241. The van der Waals surface area contributed by atoms with E-state index in [1.807, 2.05) is 77.2 Å². The SMILES string of the molecule is COCC(=O)Nc1ccc(N2C(=S)N[C@@H](c3ccccn3)[C@H]2c2cccn2-c2cccc([N+](=O)[O-])c2)cc1C. The van der Waals surface area contributed by atoms with Crippen LogP contribution in [0.3, 0.4) is 0 Å². The Bertz CT molecular complexity index is 1540. The van der Waals surface area contributed by atoms with Gasteiger partial charge in [-0.3, -0.25) is 19.9 Å². The van der Waals surface area contributed by atoms with Gasteiger partial charge in [-0.15, -0.1) is 0 Å². The minimum absolute atomic E-state index is 0.00656. The van der Waals surface area contributed by atoms with Crippen LogP contribution >= 0.6 is 12.2 Å². The number of benzene rings is 2. The molecule has 11 heteroatoms. The first-order valence-corrected chi connectivity index (χ1v) is 12.6. The number of nitro benzene ring substituents is 1. The molecule has 0 aliphatic carbocycles. The number of nitrogens with zero attached hydrogens (tertiary/aromatic N) is 4. The number of carbonyl (C=O) groups excluding carboxylic acids is 1. The van der Waals surface area contributed by atoms with Crippen LogP contribution in [0.4, 0.5) is 17.1 Å². The van der Waals surface area contributed by atoms with Crippen LogP contribution in [-0.2, 0) is 9.53 Å². The third-order valence-corrected chi connectivity index (χ3v) is 6.85. The average molecular weight is 543 g/mol. The molecule has 1 amide bonds. The number of ether oxygens (including phenoxy) is 1. The molecule has 1 aliphatic rings. The van der Waals surface area contributed by atoms with Crippen LogP contribution in [0.15, 0.2) is 85.2 Å². The Hall–Kier alpha value is -4.61. The highest BCUT2D eigenvalue weighted by Crippen LogP contribution is 2.43. The first-order valence-electron chi connectivity index (χ1n) is 12.2. The fourth-order valence-corrected chi connectivity index (χ4v) is 5.16. The van der Waals surface area contributed by atoms with E-state index < -0.39 is 4.92 Å². The third kappa shape index (κ3) is 5.22. The van der Waals surface area contributed by atoms with Gasteiger partial charge in [0.1, 0.15) is 12.6 Å². The molecule has 2 atom stereocenters. The molecule has 5 rings (SSSR count). The molecule has 0 radical (unpaired) electrons. The van der Waals surface area contributed by atoms with Gasteiger partial charge in [0.2, 0.25) is 5.91 Å². The van der Waals surface area contributed by atoms with E-state index in [4.69, 9.17) is 17.0 Å². The van der Waals surface area contributed by atoms with Crippen LogP contribution in [0, 0.1) is 17.0 Å². The topological polar surface area (TPSA) is 115 Å². The number of aromatic nitrogens is 2. The van der Waals surface area contributed by atoms with Crippen LogP contribution in [0.2, 0.25) is 0 Å². The Morgan fingerprint density at radius 1 is 1.13 bits per heavy atom. The lowest BCUT2D eigenvalue weighted by Gasteiger charge is -2.29. The second-order valence-corrected chi connectivity index (χ2v) is 9.44. The van der Waals surface area contributed by atoms with Crippen molar-refractivity contribution in [2.45, 2.75) is 19.0 Å².